The highest BCUT2D eigenvalue weighted by Gasteiger charge is 1.85. The fourth-order valence-electron chi connectivity index (χ4n) is 0.837. The fourth-order valence-corrected chi connectivity index (χ4v) is 0.837. The van der Waals surface area contributed by atoms with Crippen LogP contribution in [0.5, 0.6) is 0 Å². The van der Waals surface area contributed by atoms with Crippen molar-refractivity contribution in [3.8, 4) is 0 Å². The van der Waals surface area contributed by atoms with E-state index in [0.717, 1.165) is 0 Å². The Hall–Kier alpha value is -0.780. The molecule has 11 heavy (non-hydrogen) atoms. The van der Waals surface area contributed by atoms with E-state index in [-0.39, 0.29) is 0 Å². The van der Waals surface area contributed by atoms with Crippen molar-refractivity contribution in [1.29, 1.82) is 0 Å². The smallest absolute Gasteiger partial charge is 0.0320 e. The summed E-state index contributed by atoms with van der Waals surface area (Å²) in [4.78, 5) is 0. The van der Waals surface area contributed by atoms with Crippen LogP contribution in [0.15, 0.2) is 36.5 Å². The first-order chi connectivity index (χ1) is 5.31. The van der Waals surface area contributed by atoms with Crippen LogP contribution in [0.25, 0.3) is 0 Å². The summed E-state index contributed by atoms with van der Waals surface area (Å²) in [7, 11) is 0. The molecule has 0 aliphatic carbocycles. The van der Waals surface area contributed by atoms with Crippen molar-refractivity contribution in [3.05, 3.63) is 36.5 Å². The topological polar surface area (TPSA) is 0 Å². The highest BCUT2D eigenvalue weighted by molar-refractivity contribution is 5.13. The van der Waals surface area contributed by atoms with Gasteiger partial charge in [0.1, 0.15) is 0 Å². The Morgan fingerprint density at radius 3 is 2.64 bits per heavy atom. The minimum Gasteiger partial charge on any atom is -0.0991 e. The van der Waals surface area contributed by atoms with E-state index in [1.807, 2.05) is 12.2 Å². The highest BCUT2D eigenvalue weighted by Crippen LogP contribution is 2.05. The van der Waals surface area contributed by atoms with E-state index in [0.29, 0.717) is 0 Å². The molecule has 0 saturated carbocycles. The van der Waals surface area contributed by atoms with Gasteiger partial charge in [0.25, 0.3) is 0 Å². The predicted octanol–water partition coefficient (Wildman–Crippen LogP) is 3.87. The largest absolute Gasteiger partial charge is 0.0991 e. The van der Waals surface area contributed by atoms with E-state index in [4.69, 9.17) is 0 Å². The summed E-state index contributed by atoms with van der Waals surface area (Å²) < 4.78 is 0. The van der Waals surface area contributed by atoms with Gasteiger partial charge in [-0.2, -0.15) is 0 Å². The van der Waals surface area contributed by atoms with Crippen molar-refractivity contribution in [1.82, 2.24) is 0 Å². The third kappa shape index (κ3) is 7.11. The Morgan fingerprint density at radius 2 is 2.09 bits per heavy atom. The summed E-state index contributed by atoms with van der Waals surface area (Å²) in [5, 5.41) is 0. The maximum atomic E-state index is 3.60. The van der Waals surface area contributed by atoms with Crippen molar-refractivity contribution >= 4 is 0 Å². The lowest BCUT2D eigenvalue weighted by atomic mass is 10.1. The molecule has 0 aromatic heterocycles. The molecule has 0 bridgehead atoms. The van der Waals surface area contributed by atoms with E-state index >= 15 is 0 Å². The van der Waals surface area contributed by atoms with Gasteiger partial charge in [-0.25, -0.2) is 0 Å². The highest BCUT2D eigenvalue weighted by atomic mass is 13.9. The summed E-state index contributed by atoms with van der Waals surface area (Å²) >= 11 is 0. The first kappa shape index (κ1) is 10.2. The van der Waals surface area contributed by atoms with Crippen LogP contribution in [0.4, 0.5) is 0 Å². The zero-order chi connectivity index (χ0) is 8.53. The molecule has 0 rings (SSSR count). The van der Waals surface area contributed by atoms with Gasteiger partial charge < -0.3 is 0 Å². The number of rotatable bonds is 5. The molecule has 0 fully saturated rings. The zero-order valence-electron chi connectivity index (χ0n) is 7.64. The summed E-state index contributed by atoms with van der Waals surface area (Å²) in [6.07, 6.45) is 11.7. The van der Waals surface area contributed by atoms with Crippen molar-refractivity contribution < 1.29 is 0 Å². The van der Waals surface area contributed by atoms with Gasteiger partial charge in [-0.1, -0.05) is 49.8 Å². The van der Waals surface area contributed by atoms with Crippen molar-refractivity contribution in [2.75, 3.05) is 0 Å². The van der Waals surface area contributed by atoms with Gasteiger partial charge in [-0.15, -0.1) is 0 Å². The van der Waals surface area contributed by atoms with Crippen LogP contribution < -0.4 is 0 Å². The lowest BCUT2D eigenvalue weighted by Gasteiger charge is -1.95. The monoisotopic (exact) mass is 150 g/mol. The van der Waals surface area contributed by atoms with Crippen LogP contribution in [0.1, 0.15) is 33.1 Å². The molecular formula is C11H18. The molecule has 0 nitrogen and oxygen atoms in total. The summed E-state index contributed by atoms with van der Waals surface area (Å²) in [6.45, 7) is 7.99. The number of unbranched alkanes of at least 4 members (excludes halogenated alkanes) is 1. The average Bonchev–Trinajstić information content (AvgIpc) is 2.01. The molecule has 0 radical (unpaired) electrons. The third-order valence-electron chi connectivity index (χ3n) is 1.55. The van der Waals surface area contributed by atoms with E-state index in [1.54, 1.807) is 6.08 Å². The Kier molecular flexibility index (Phi) is 6.81. The molecule has 0 aromatic rings. The maximum absolute atomic E-state index is 3.60. The Labute approximate surface area is 70.3 Å². The van der Waals surface area contributed by atoms with Gasteiger partial charge in [0.05, 0.1) is 0 Å². The summed E-state index contributed by atoms with van der Waals surface area (Å²) in [5.74, 6) is 0. The third-order valence-corrected chi connectivity index (χ3v) is 1.55. The van der Waals surface area contributed by atoms with E-state index < -0.39 is 0 Å². The quantitative estimate of drug-likeness (QED) is 0.522. The van der Waals surface area contributed by atoms with Crippen LogP contribution >= 0.6 is 0 Å². The molecule has 0 saturated heterocycles. The van der Waals surface area contributed by atoms with Gasteiger partial charge in [-0.05, 0) is 19.8 Å². The van der Waals surface area contributed by atoms with Gasteiger partial charge in [0.15, 0.2) is 0 Å². The predicted molar refractivity (Wildman–Crippen MR) is 52.6 cm³/mol. The van der Waals surface area contributed by atoms with E-state index in [2.05, 4.69) is 26.5 Å². The minimum absolute atomic E-state index is 1.22. The Morgan fingerprint density at radius 1 is 1.36 bits per heavy atom. The van der Waals surface area contributed by atoms with Crippen LogP contribution in [-0.2, 0) is 0 Å². The average molecular weight is 150 g/mol. The number of allylic oxidation sites excluding steroid dienone is 5. The molecule has 0 spiro atoms. The SMILES string of the molecule is C=C/C=C\C=C(\C)CCCC. The van der Waals surface area contributed by atoms with Crippen molar-refractivity contribution in [2.45, 2.75) is 33.1 Å². The fraction of sp³-hybridized carbons (Fsp3) is 0.455. The van der Waals surface area contributed by atoms with Gasteiger partial charge in [0.2, 0.25) is 0 Å². The number of hydrogen-bond donors (Lipinski definition) is 0. The molecule has 0 heteroatoms. The van der Waals surface area contributed by atoms with E-state index in [9.17, 15) is 0 Å². The van der Waals surface area contributed by atoms with Crippen LogP contribution in [0.2, 0.25) is 0 Å². The Bertz CT molecular complexity index is 149. The normalized spacial score (nSPS) is 12.4. The molecule has 0 heterocycles. The van der Waals surface area contributed by atoms with Crippen molar-refractivity contribution in [3.63, 3.8) is 0 Å². The lowest BCUT2D eigenvalue weighted by molar-refractivity contribution is 0.787. The molecular weight excluding hydrogens is 132 g/mol. The zero-order valence-corrected chi connectivity index (χ0v) is 7.64. The minimum atomic E-state index is 1.22. The molecule has 62 valence electrons. The summed E-state index contributed by atoms with van der Waals surface area (Å²) in [5.41, 5.74) is 1.45. The molecule has 0 amide bonds. The van der Waals surface area contributed by atoms with Crippen LogP contribution in [0.3, 0.4) is 0 Å². The molecule has 0 N–H and O–H groups in total. The van der Waals surface area contributed by atoms with Gasteiger partial charge in [-0.3, -0.25) is 0 Å². The summed E-state index contributed by atoms with van der Waals surface area (Å²) in [6, 6.07) is 0. The van der Waals surface area contributed by atoms with Crippen LogP contribution in [0, 0.1) is 0 Å². The molecule has 0 atom stereocenters. The van der Waals surface area contributed by atoms with Crippen molar-refractivity contribution in [2.24, 2.45) is 0 Å². The second-order valence-electron chi connectivity index (χ2n) is 2.74. The van der Waals surface area contributed by atoms with E-state index in [1.165, 1.54) is 24.8 Å². The second kappa shape index (κ2) is 7.33. The molecule has 0 aromatic carbocycles. The molecule has 0 unspecified atom stereocenters. The molecule has 0 aliphatic rings. The van der Waals surface area contributed by atoms with Gasteiger partial charge >= 0.3 is 0 Å². The lowest BCUT2D eigenvalue weighted by Crippen LogP contribution is -1.75. The first-order valence-corrected chi connectivity index (χ1v) is 4.26. The molecule has 0 aliphatic heterocycles. The number of hydrogen-bond acceptors (Lipinski definition) is 0. The Balaban J connectivity index is 3.61. The second-order valence-corrected chi connectivity index (χ2v) is 2.74. The first-order valence-electron chi connectivity index (χ1n) is 4.26. The van der Waals surface area contributed by atoms with Crippen LogP contribution in [-0.4, -0.2) is 0 Å². The van der Waals surface area contributed by atoms with Gasteiger partial charge in [0, 0.05) is 0 Å². The standard InChI is InChI=1S/C11H18/c1-4-6-8-10-11(3)9-7-5-2/h4,6,8,10H,1,5,7,9H2,2-3H3/b8-6-,11-10-. The maximum Gasteiger partial charge on any atom is -0.0320 e.